The van der Waals surface area contributed by atoms with Crippen molar-refractivity contribution >= 4 is 11.8 Å². The van der Waals surface area contributed by atoms with Crippen LogP contribution in [-0.2, 0) is 9.59 Å². The first-order valence-corrected chi connectivity index (χ1v) is 7.24. The number of nitrogens with zero attached hydrogens (tertiary/aromatic N) is 1. The van der Waals surface area contributed by atoms with Crippen molar-refractivity contribution in [3.05, 3.63) is 0 Å². The maximum Gasteiger partial charge on any atom is 0.237 e. The van der Waals surface area contributed by atoms with E-state index < -0.39 is 0 Å². The zero-order valence-corrected chi connectivity index (χ0v) is 12.4. The van der Waals surface area contributed by atoms with Crippen LogP contribution in [0.3, 0.4) is 0 Å². The van der Waals surface area contributed by atoms with E-state index in [1.807, 2.05) is 6.92 Å². The topological polar surface area (TPSA) is 61.4 Å². The van der Waals surface area contributed by atoms with Gasteiger partial charge in [-0.1, -0.05) is 19.3 Å². The van der Waals surface area contributed by atoms with Gasteiger partial charge in [0, 0.05) is 33.1 Å². The van der Waals surface area contributed by atoms with Crippen LogP contribution in [0.25, 0.3) is 0 Å². The number of hydrogen-bond acceptors (Lipinski definition) is 3. The Bertz CT molecular complexity index is 299. The smallest absolute Gasteiger partial charge is 0.237 e. The summed E-state index contributed by atoms with van der Waals surface area (Å²) in [5, 5.41) is 6.18. The number of rotatable bonds is 6. The molecule has 1 fully saturated rings. The normalized spacial score (nSPS) is 17.8. The third-order valence-electron chi connectivity index (χ3n) is 3.63. The fraction of sp³-hybridized carbons (Fsp3) is 0.857. The van der Waals surface area contributed by atoms with E-state index in [9.17, 15) is 9.59 Å². The lowest BCUT2D eigenvalue weighted by Crippen LogP contribution is -2.47. The van der Waals surface area contributed by atoms with Gasteiger partial charge in [-0.05, 0) is 19.8 Å². The molecule has 19 heavy (non-hydrogen) atoms. The van der Waals surface area contributed by atoms with Crippen molar-refractivity contribution in [2.75, 3.05) is 20.6 Å². The molecule has 2 N–H and O–H groups in total. The van der Waals surface area contributed by atoms with Gasteiger partial charge in [0.25, 0.3) is 0 Å². The molecule has 0 aliphatic heterocycles. The van der Waals surface area contributed by atoms with Gasteiger partial charge in [0.05, 0.1) is 6.04 Å². The Morgan fingerprint density at radius 1 is 1.21 bits per heavy atom. The molecule has 1 aliphatic carbocycles. The molecular formula is C14H27N3O2. The van der Waals surface area contributed by atoms with Crippen LogP contribution in [0, 0.1) is 0 Å². The van der Waals surface area contributed by atoms with Crippen molar-refractivity contribution in [1.29, 1.82) is 0 Å². The van der Waals surface area contributed by atoms with E-state index in [4.69, 9.17) is 0 Å². The van der Waals surface area contributed by atoms with Gasteiger partial charge < -0.3 is 15.5 Å². The third kappa shape index (κ3) is 6.05. The van der Waals surface area contributed by atoms with Crippen LogP contribution in [0.1, 0.15) is 45.4 Å². The van der Waals surface area contributed by atoms with Gasteiger partial charge in [0.2, 0.25) is 11.8 Å². The fourth-order valence-electron chi connectivity index (χ4n) is 2.29. The molecule has 0 aromatic carbocycles. The molecule has 110 valence electrons. The summed E-state index contributed by atoms with van der Waals surface area (Å²) in [4.78, 5) is 24.9. The number of hydrogen-bond donors (Lipinski definition) is 2. The maximum atomic E-state index is 12.0. The van der Waals surface area contributed by atoms with Crippen LogP contribution in [-0.4, -0.2) is 49.4 Å². The summed E-state index contributed by atoms with van der Waals surface area (Å²) >= 11 is 0. The minimum atomic E-state index is -0.239. The summed E-state index contributed by atoms with van der Waals surface area (Å²) in [6, 6.07) is 0.103. The molecule has 0 heterocycles. The second kappa shape index (κ2) is 8.15. The third-order valence-corrected chi connectivity index (χ3v) is 3.63. The lowest BCUT2D eigenvalue weighted by molar-refractivity contribution is -0.129. The summed E-state index contributed by atoms with van der Waals surface area (Å²) in [5.41, 5.74) is 0. The van der Waals surface area contributed by atoms with Crippen LogP contribution in [0.15, 0.2) is 0 Å². The molecule has 0 spiro atoms. The van der Waals surface area contributed by atoms with E-state index in [-0.39, 0.29) is 17.9 Å². The van der Waals surface area contributed by atoms with E-state index >= 15 is 0 Å². The summed E-state index contributed by atoms with van der Waals surface area (Å²) in [7, 11) is 3.48. The Hall–Kier alpha value is -1.10. The predicted octanol–water partition coefficient (Wildman–Crippen LogP) is 0.892. The van der Waals surface area contributed by atoms with Gasteiger partial charge in [0.15, 0.2) is 0 Å². The Morgan fingerprint density at radius 2 is 1.84 bits per heavy atom. The van der Waals surface area contributed by atoms with Crippen molar-refractivity contribution in [2.45, 2.75) is 57.5 Å². The maximum absolute atomic E-state index is 12.0. The monoisotopic (exact) mass is 269 g/mol. The van der Waals surface area contributed by atoms with Crippen molar-refractivity contribution in [2.24, 2.45) is 0 Å². The predicted molar refractivity (Wildman–Crippen MR) is 75.8 cm³/mol. The summed E-state index contributed by atoms with van der Waals surface area (Å²) in [6.45, 7) is 2.38. The number of carbonyl (C=O) groups is 2. The number of nitrogens with one attached hydrogen (secondary N) is 2. The molecule has 0 saturated heterocycles. The zero-order valence-electron chi connectivity index (χ0n) is 12.4. The highest BCUT2D eigenvalue weighted by Crippen LogP contribution is 2.17. The molecule has 1 aliphatic rings. The van der Waals surface area contributed by atoms with Gasteiger partial charge in [-0.3, -0.25) is 9.59 Å². The van der Waals surface area contributed by atoms with E-state index in [1.165, 1.54) is 19.3 Å². The lowest BCUT2D eigenvalue weighted by atomic mass is 9.95. The lowest BCUT2D eigenvalue weighted by Gasteiger charge is -2.24. The molecule has 0 bridgehead atoms. The van der Waals surface area contributed by atoms with Crippen LogP contribution >= 0.6 is 0 Å². The first kappa shape index (κ1) is 16.0. The first-order chi connectivity index (χ1) is 9.00. The Balaban J connectivity index is 2.19. The summed E-state index contributed by atoms with van der Waals surface area (Å²) in [6.07, 6.45) is 6.32. The van der Waals surface area contributed by atoms with Crippen molar-refractivity contribution < 1.29 is 9.59 Å². The molecule has 5 nitrogen and oxygen atoms in total. The molecule has 0 aromatic rings. The zero-order chi connectivity index (χ0) is 14.3. The van der Waals surface area contributed by atoms with Gasteiger partial charge in [-0.25, -0.2) is 0 Å². The molecule has 1 rings (SSSR count). The molecule has 1 atom stereocenters. The SMILES string of the molecule is CC(NCCC(=O)N(C)C)C(=O)NC1CCCCC1. The van der Waals surface area contributed by atoms with Gasteiger partial charge in [-0.15, -0.1) is 0 Å². The first-order valence-electron chi connectivity index (χ1n) is 7.24. The van der Waals surface area contributed by atoms with E-state index in [0.29, 0.717) is 19.0 Å². The van der Waals surface area contributed by atoms with E-state index in [2.05, 4.69) is 10.6 Å². The molecule has 1 saturated carbocycles. The minimum absolute atomic E-state index is 0.0456. The molecule has 0 aromatic heterocycles. The van der Waals surface area contributed by atoms with Crippen LogP contribution < -0.4 is 10.6 Å². The van der Waals surface area contributed by atoms with Crippen LogP contribution in [0.5, 0.6) is 0 Å². The highest BCUT2D eigenvalue weighted by Gasteiger charge is 2.19. The molecule has 0 radical (unpaired) electrons. The molecular weight excluding hydrogens is 242 g/mol. The van der Waals surface area contributed by atoms with Crippen molar-refractivity contribution in [3.8, 4) is 0 Å². The van der Waals surface area contributed by atoms with E-state index in [1.54, 1.807) is 19.0 Å². The highest BCUT2D eigenvalue weighted by atomic mass is 16.2. The summed E-state index contributed by atoms with van der Waals surface area (Å²) in [5.74, 6) is 0.122. The average molecular weight is 269 g/mol. The second-order valence-corrected chi connectivity index (χ2v) is 5.56. The Labute approximate surface area is 116 Å². The van der Waals surface area contributed by atoms with Crippen LogP contribution in [0.2, 0.25) is 0 Å². The number of carbonyl (C=O) groups excluding carboxylic acids is 2. The van der Waals surface area contributed by atoms with Crippen LogP contribution in [0.4, 0.5) is 0 Å². The second-order valence-electron chi connectivity index (χ2n) is 5.56. The molecule has 1 unspecified atom stereocenters. The Kier molecular flexibility index (Phi) is 6.84. The van der Waals surface area contributed by atoms with Crippen molar-refractivity contribution in [3.63, 3.8) is 0 Å². The standard InChI is InChI=1S/C14H27N3O2/c1-11(15-10-9-13(18)17(2)3)14(19)16-12-7-5-4-6-8-12/h11-12,15H,4-10H2,1-3H3,(H,16,19). The Morgan fingerprint density at radius 3 is 2.42 bits per heavy atom. The number of amides is 2. The van der Waals surface area contributed by atoms with E-state index in [0.717, 1.165) is 12.8 Å². The summed E-state index contributed by atoms with van der Waals surface area (Å²) < 4.78 is 0. The molecule has 2 amide bonds. The van der Waals surface area contributed by atoms with Gasteiger partial charge >= 0.3 is 0 Å². The van der Waals surface area contributed by atoms with Gasteiger partial charge in [0.1, 0.15) is 0 Å². The molecule has 5 heteroatoms. The largest absolute Gasteiger partial charge is 0.352 e. The minimum Gasteiger partial charge on any atom is -0.352 e. The fourth-order valence-corrected chi connectivity index (χ4v) is 2.29. The van der Waals surface area contributed by atoms with Gasteiger partial charge in [-0.2, -0.15) is 0 Å². The quantitative estimate of drug-likeness (QED) is 0.753. The average Bonchev–Trinajstić information content (AvgIpc) is 2.39. The highest BCUT2D eigenvalue weighted by molar-refractivity contribution is 5.81. The van der Waals surface area contributed by atoms with Crippen molar-refractivity contribution in [1.82, 2.24) is 15.5 Å².